The summed E-state index contributed by atoms with van der Waals surface area (Å²) in [5.41, 5.74) is 0. The molecule has 1 unspecified atom stereocenters. The van der Waals surface area contributed by atoms with E-state index in [-0.39, 0.29) is 23.7 Å². The van der Waals surface area contributed by atoms with Gasteiger partial charge in [0.25, 0.3) is 0 Å². The van der Waals surface area contributed by atoms with E-state index in [1.165, 1.54) is 0 Å². The van der Waals surface area contributed by atoms with Crippen molar-refractivity contribution in [3.63, 3.8) is 0 Å². The molecule has 0 spiro atoms. The molecule has 1 aliphatic rings. The second kappa shape index (κ2) is 5.61. The molecule has 4 nitrogen and oxygen atoms in total. The number of ketones is 1. The summed E-state index contributed by atoms with van der Waals surface area (Å²) in [5, 5.41) is 3.19. The number of sulfone groups is 1. The van der Waals surface area contributed by atoms with Crippen LogP contribution in [0.5, 0.6) is 0 Å². The van der Waals surface area contributed by atoms with Crippen LogP contribution < -0.4 is 5.32 Å². The van der Waals surface area contributed by atoms with Gasteiger partial charge in [0.05, 0.1) is 5.75 Å². The van der Waals surface area contributed by atoms with Crippen LogP contribution in [-0.4, -0.2) is 38.8 Å². The van der Waals surface area contributed by atoms with Crippen molar-refractivity contribution < 1.29 is 13.2 Å². The standard InChI is InChI=1S/C10H19NO3S/c1-2-15(13,14)6-4-10(12)7-9-3-5-11-8-9/h9,11H,2-8H2,1H3. The lowest BCUT2D eigenvalue weighted by atomic mass is 10.0. The van der Waals surface area contributed by atoms with E-state index in [0.717, 1.165) is 19.5 Å². The van der Waals surface area contributed by atoms with Crippen LogP contribution in [0.3, 0.4) is 0 Å². The fourth-order valence-electron chi connectivity index (χ4n) is 1.73. The van der Waals surface area contributed by atoms with Crippen molar-refractivity contribution in [1.29, 1.82) is 0 Å². The number of Topliss-reactive ketones (excluding diaryl/α,β-unsaturated/α-hetero) is 1. The summed E-state index contributed by atoms with van der Waals surface area (Å²) >= 11 is 0. The van der Waals surface area contributed by atoms with Crippen LogP contribution in [0.15, 0.2) is 0 Å². The van der Waals surface area contributed by atoms with E-state index in [2.05, 4.69) is 5.32 Å². The number of hydrogen-bond acceptors (Lipinski definition) is 4. The first-order valence-electron chi connectivity index (χ1n) is 5.46. The summed E-state index contributed by atoms with van der Waals surface area (Å²) in [6, 6.07) is 0. The van der Waals surface area contributed by atoms with Crippen LogP contribution >= 0.6 is 0 Å². The highest BCUT2D eigenvalue weighted by Gasteiger charge is 2.19. The van der Waals surface area contributed by atoms with Gasteiger partial charge in [-0.1, -0.05) is 6.92 Å². The van der Waals surface area contributed by atoms with Crippen molar-refractivity contribution in [2.75, 3.05) is 24.6 Å². The second-order valence-corrected chi connectivity index (χ2v) is 6.56. The van der Waals surface area contributed by atoms with Crippen molar-refractivity contribution in [2.24, 2.45) is 5.92 Å². The van der Waals surface area contributed by atoms with Gasteiger partial charge in [-0.05, 0) is 25.4 Å². The van der Waals surface area contributed by atoms with Crippen LogP contribution in [0, 0.1) is 5.92 Å². The summed E-state index contributed by atoms with van der Waals surface area (Å²) in [7, 11) is -2.98. The number of carbonyl (C=O) groups is 1. The van der Waals surface area contributed by atoms with Gasteiger partial charge in [-0.2, -0.15) is 0 Å². The predicted molar refractivity (Wildman–Crippen MR) is 59.5 cm³/mol. The average molecular weight is 233 g/mol. The number of rotatable bonds is 6. The van der Waals surface area contributed by atoms with E-state index in [1.54, 1.807) is 6.92 Å². The molecule has 1 fully saturated rings. The Hall–Kier alpha value is -0.420. The highest BCUT2D eigenvalue weighted by Crippen LogP contribution is 2.13. The quantitative estimate of drug-likeness (QED) is 0.720. The van der Waals surface area contributed by atoms with E-state index in [0.29, 0.717) is 12.3 Å². The Morgan fingerprint density at radius 1 is 1.47 bits per heavy atom. The minimum atomic E-state index is -2.98. The maximum atomic E-state index is 11.5. The molecule has 0 aromatic rings. The molecule has 0 aromatic carbocycles. The maximum Gasteiger partial charge on any atom is 0.150 e. The molecular weight excluding hydrogens is 214 g/mol. The van der Waals surface area contributed by atoms with Gasteiger partial charge in [0.15, 0.2) is 0 Å². The van der Waals surface area contributed by atoms with Crippen LogP contribution in [0.2, 0.25) is 0 Å². The van der Waals surface area contributed by atoms with Crippen molar-refractivity contribution in [3.05, 3.63) is 0 Å². The molecule has 0 saturated carbocycles. The fraction of sp³-hybridized carbons (Fsp3) is 0.900. The number of hydrogen-bond donors (Lipinski definition) is 1. The lowest BCUT2D eigenvalue weighted by molar-refractivity contribution is -0.119. The Bertz CT molecular complexity index is 305. The fourth-order valence-corrected chi connectivity index (χ4v) is 2.55. The first-order valence-corrected chi connectivity index (χ1v) is 7.28. The van der Waals surface area contributed by atoms with E-state index >= 15 is 0 Å². The van der Waals surface area contributed by atoms with Gasteiger partial charge in [0.1, 0.15) is 15.6 Å². The Morgan fingerprint density at radius 3 is 2.73 bits per heavy atom. The second-order valence-electron chi connectivity index (χ2n) is 4.09. The molecule has 0 aromatic heterocycles. The normalized spacial score (nSPS) is 21.8. The summed E-state index contributed by atoms with van der Waals surface area (Å²) in [6.07, 6.45) is 1.76. The summed E-state index contributed by atoms with van der Waals surface area (Å²) in [5.74, 6) is 0.649. The smallest absolute Gasteiger partial charge is 0.150 e. The first-order chi connectivity index (χ1) is 7.03. The van der Waals surface area contributed by atoms with Gasteiger partial charge in [-0.25, -0.2) is 8.42 Å². The molecule has 1 aliphatic heterocycles. The predicted octanol–water partition coefficient (Wildman–Crippen LogP) is 0.380. The zero-order valence-corrected chi connectivity index (χ0v) is 9.98. The van der Waals surface area contributed by atoms with Gasteiger partial charge in [-0.15, -0.1) is 0 Å². The molecule has 1 atom stereocenters. The number of nitrogens with one attached hydrogen (secondary N) is 1. The van der Waals surface area contributed by atoms with Gasteiger partial charge in [0, 0.05) is 18.6 Å². The monoisotopic (exact) mass is 233 g/mol. The third-order valence-electron chi connectivity index (χ3n) is 2.81. The maximum absolute atomic E-state index is 11.5. The zero-order valence-electron chi connectivity index (χ0n) is 9.16. The minimum Gasteiger partial charge on any atom is -0.316 e. The van der Waals surface area contributed by atoms with Gasteiger partial charge in [-0.3, -0.25) is 4.79 Å². The van der Waals surface area contributed by atoms with Gasteiger partial charge in [0.2, 0.25) is 0 Å². The Labute approximate surface area is 91.4 Å². The largest absolute Gasteiger partial charge is 0.316 e. The molecule has 0 amide bonds. The van der Waals surface area contributed by atoms with E-state index in [1.807, 2.05) is 0 Å². The molecule has 1 rings (SSSR count). The summed E-state index contributed by atoms with van der Waals surface area (Å²) < 4.78 is 22.4. The lowest BCUT2D eigenvalue weighted by Gasteiger charge is -2.06. The van der Waals surface area contributed by atoms with E-state index in [9.17, 15) is 13.2 Å². The molecule has 1 N–H and O–H groups in total. The molecule has 88 valence electrons. The Kier molecular flexibility index (Phi) is 4.73. The molecular formula is C10H19NO3S. The van der Waals surface area contributed by atoms with E-state index in [4.69, 9.17) is 0 Å². The van der Waals surface area contributed by atoms with Gasteiger partial charge >= 0.3 is 0 Å². The van der Waals surface area contributed by atoms with Crippen molar-refractivity contribution in [2.45, 2.75) is 26.2 Å². The zero-order chi connectivity index (χ0) is 11.3. The molecule has 0 radical (unpaired) electrons. The van der Waals surface area contributed by atoms with Gasteiger partial charge < -0.3 is 5.32 Å². The Balaban J connectivity index is 2.24. The van der Waals surface area contributed by atoms with Crippen LogP contribution in [0.1, 0.15) is 26.2 Å². The summed E-state index contributed by atoms with van der Waals surface area (Å²) in [4.78, 5) is 11.5. The highest BCUT2D eigenvalue weighted by atomic mass is 32.2. The third kappa shape index (κ3) is 4.75. The topological polar surface area (TPSA) is 63.2 Å². The van der Waals surface area contributed by atoms with Crippen molar-refractivity contribution >= 4 is 15.6 Å². The van der Waals surface area contributed by atoms with Crippen molar-refractivity contribution in [1.82, 2.24) is 5.32 Å². The molecule has 1 saturated heterocycles. The van der Waals surface area contributed by atoms with Crippen LogP contribution in [-0.2, 0) is 14.6 Å². The molecule has 15 heavy (non-hydrogen) atoms. The van der Waals surface area contributed by atoms with Crippen LogP contribution in [0.4, 0.5) is 0 Å². The molecule has 5 heteroatoms. The lowest BCUT2D eigenvalue weighted by Crippen LogP contribution is -2.16. The Morgan fingerprint density at radius 2 is 2.20 bits per heavy atom. The number of carbonyl (C=O) groups excluding carboxylic acids is 1. The first kappa shape index (κ1) is 12.6. The average Bonchev–Trinajstić information content (AvgIpc) is 2.68. The minimum absolute atomic E-state index is 0.0164. The van der Waals surface area contributed by atoms with Crippen LogP contribution in [0.25, 0.3) is 0 Å². The molecule has 0 bridgehead atoms. The molecule has 0 aliphatic carbocycles. The molecule has 1 heterocycles. The third-order valence-corrected chi connectivity index (χ3v) is 4.52. The van der Waals surface area contributed by atoms with Crippen molar-refractivity contribution in [3.8, 4) is 0 Å². The highest BCUT2D eigenvalue weighted by molar-refractivity contribution is 7.91. The van der Waals surface area contributed by atoms with E-state index < -0.39 is 9.84 Å². The SMILES string of the molecule is CCS(=O)(=O)CCC(=O)CC1CCNC1. The summed E-state index contributed by atoms with van der Waals surface area (Å²) in [6.45, 7) is 3.48.